The Morgan fingerprint density at radius 3 is 2.44 bits per heavy atom. The normalized spacial score (nSPS) is 22.4. The van der Waals surface area contributed by atoms with Gasteiger partial charge in [0.25, 0.3) is 5.91 Å². The number of amides is 1. The monoisotopic (exact) mass is 435 g/mol. The van der Waals surface area contributed by atoms with Gasteiger partial charge < -0.3 is 19.4 Å². The molecule has 2 aromatic rings. The molecule has 0 aliphatic carbocycles. The van der Waals surface area contributed by atoms with Gasteiger partial charge in [-0.2, -0.15) is 0 Å². The minimum absolute atomic E-state index is 0.0535. The zero-order chi connectivity index (χ0) is 22.9. The van der Waals surface area contributed by atoms with Crippen LogP contribution < -0.4 is 9.80 Å². The van der Waals surface area contributed by atoms with Crippen molar-refractivity contribution in [1.82, 2.24) is 4.90 Å². The van der Waals surface area contributed by atoms with E-state index in [1.807, 2.05) is 4.90 Å². The van der Waals surface area contributed by atoms with E-state index in [9.17, 15) is 4.79 Å². The zero-order valence-electron chi connectivity index (χ0n) is 20.2. The smallest absolute Gasteiger partial charge is 0.256 e. The maximum absolute atomic E-state index is 13.4. The first-order chi connectivity index (χ1) is 15.2. The Kier molecular flexibility index (Phi) is 6.59. The first kappa shape index (κ1) is 22.8. The summed E-state index contributed by atoms with van der Waals surface area (Å²) in [7, 11) is 4.35. The van der Waals surface area contributed by atoms with Gasteiger partial charge in [-0.3, -0.25) is 4.79 Å². The van der Waals surface area contributed by atoms with Crippen LogP contribution >= 0.6 is 0 Å². The Morgan fingerprint density at radius 2 is 1.78 bits per heavy atom. The fourth-order valence-corrected chi connectivity index (χ4v) is 4.84. The van der Waals surface area contributed by atoms with Gasteiger partial charge in [-0.1, -0.05) is 51.1 Å². The molecule has 5 nitrogen and oxygen atoms in total. The molecule has 0 aromatic heterocycles. The molecular weight excluding hydrogens is 398 g/mol. The molecule has 5 heteroatoms. The number of likely N-dealkylation sites (tertiary alicyclic amines) is 1. The van der Waals surface area contributed by atoms with Crippen LogP contribution in [0.25, 0.3) is 0 Å². The lowest BCUT2D eigenvalue weighted by Gasteiger charge is -2.34. The lowest BCUT2D eigenvalue weighted by molar-refractivity contribution is -0.133. The summed E-state index contributed by atoms with van der Waals surface area (Å²) in [5, 5.41) is 0. The molecule has 2 aromatic carbocycles. The van der Waals surface area contributed by atoms with Crippen molar-refractivity contribution in [2.75, 3.05) is 50.1 Å². The fraction of sp³-hybridized carbons (Fsp3) is 0.519. The van der Waals surface area contributed by atoms with Gasteiger partial charge in [-0.15, -0.1) is 0 Å². The summed E-state index contributed by atoms with van der Waals surface area (Å²) in [4.78, 5) is 20.0. The van der Waals surface area contributed by atoms with Gasteiger partial charge in [-0.25, -0.2) is 0 Å². The third kappa shape index (κ3) is 4.84. The quantitative estimate of drug-likeness (QED) is 0.709. The number of ether oxygens (including phenoxy) is 1. The number of carbonyl (C=O) groups excluding carboxylic acids is 1. The zero-order valence-corrected chi connectivity index (χ0v) is 20.2. The van der Waals surface area contributed by atoms with Gasteiger partial charge >= 0.3 is 0 Å². The van der Waals surface area contributed by atoms with Gasteiger partial charge in [-0.05, 0) is 54.8 Å². The molecule has 2 fully saturated rings. The van der Waals surface area contributed by atoms with E-state index in [-0.39, 0.29) is 11.3 Å². The van der Waals surface area contributed by atoms with Gasteiger partial charge in [0.2, 0.25) is 0 Å². The van der Waals surface area contributed by atoms with Crippen molar-refractivity contribution in [3.63, 3.8) is 0 Å². The molecule has 2 aliphatic rings. The average molecular weight is 436 g/mol. The second kappa shape index (κ2) is 9.24. The first-order valence-electron chi connectivity index (χ1n) is 11.8. The molecular formula is C27H37N3O2. The lowest BCUT2D eigenvalue weighted by atomic mass is 9.87. The van der Waals surface area contributed by atoms with Crippen molar-refractivity contribution in [2.24, 2.45) is 0 Å². The molecule has 2 aliphatic heterocycles. The third-order valence-corrected chi connectivity index (χ3v) is 6.91. The van der Waals surface area contributed by atoms with E-state index < -0.39 is 6.10 Å². The third-order valence-electron chi connectivity index (χ3n) is 6.91. The second-order valence-electron chi connectivity index (χ2n) is 10.3. The number of anilines is 2. The fourth-order valence-electron chi connectivity index (χ4n) is 4.84. The second-order valence-corrected chi connectivity index (χ2v) is 10.3. The molecule has 4 rings (SSSR count). The maximum Gasteiger partial charge on any atom is 0.256 e. The minimum atomic E-state index is -0.452. The van der Waals surface area contributed by atoms with Gasteiger partial charge in [0.05, 0.1) is 6.61 Å². The Labute approximate surface area is 193 Å². The van der Waals surface area contributed by atoms with E-state index in [1.165, 1.54) is 23.2 Å². The Hall–Kier alpha value is -2.37. The number of hydrogen-bond donors (Lipinski definition) is 0. The Morgan fingerprint density at radius 1 is 1.06 bits per heavy atom. The van der Waals surface area contributed by atoms with Crippen molar-refractivity contribution in [1.29, 1.82) is 0 Å². The van der Waals surface area contributed by atoms with Crippen LogP contribution in [0.15, 0.2) is 48.5 Å². The Balaban J connectivity index is 1.50. The Bertz CT molecular complexity index is 935. The molecule has 0 bridgehead atoms. The van der Waals surface area contributed by atoms with E-state index in [0.29, 0.717) is 25.6 Å². The number of benzene rings is 2. The molecule has 1 amide bonds. The summed E-state index contributed by atoms with van der Waals surface area (Å²) >= 11 is 0. The van der Waals surface area contributed by atoms with Crippen molar-refractivity contribution >= 4 is 17.3 Å². The van der Waals surface area contributed by atoms with Crippen molar-refractivity contribution < 1.29 is 9.53 Å². The SMILES string of the molecule is CN1CCC(N(C)c2ccccc2CC2OCCN(c3ccc(C(C)(C)C)cc3)C2=O)C1. The molecule has 0 radical (unpaired) electrons. The van der Waals surface area contributed by atoms with Gasteiger partial charge in [0.15, 0.2) is 0 Å². The van der Waals surface area contributed by atoms with Crippen molar-refractivity contribution in [3.8, 4) is 0 Å². The molecule has 0 saturated carbocycles. The van der Waals surface area contributed by atoms with Crippen LogP contribution in [-0.4, -0.2) is 63.3 Å². The molecule has 0 spiro atoms. The number of hydrogen-bond acceptors (Lipinski definition) is 4. The lowest BCUT2D eigenvalue weighted by Crippen LogP contribution is -2.49. The van der Waals surface area contributed by atoms with Crippen molar-refractivity contribution in [2.45, 2.75) is 51.2 Å². The number of morpholine rings is 1. The van der Waals surface area contributed by atoms with E-state index in [0.717, 1.165) is 18.8 Å². The van der Waals surface area contributed by atoms with Crippen LogP contribution in [0.5, 0.6) is 0 Å². The number of carbonyl (C=O) groups is 1. The van der Waals surface area contributed by atoms with Gasteiger partial charge in [0.1, 0.15) is 6.10 Å². The molecule has 2 saturated heterocycles. The summed E-state index contributed by atoms with van der Waals surface area (Å²) in [5.41, 5.74) is 4.70. The highest BCUT2D eigenvalue weighted by molar-refractivity contribution is 5.97. The number of rotatable bonds is 5. The summed E-state index contributed by atoms with van der Waals surface area (Å²) in [6.07, 6.45) is 1.31. The predicted octanol–water partition coefficient (Wildman–Crippen LogP) is 4.10. The summed E-state index contributed by atoms with van der Waals surface area (Å²) in [6.45, 7) is 9.97. The van der Waals surface area contributed by atoms with Crippen LogP contribution in [0.3, 0.4) is 0 Å². The van der Waals surface area contributed by atoms with E-state index >= 15 is 0 Å². The standard InChI is InChI=1S/C27H37N3O2/c1-27(2,3)21-10-12-22(13-11-21)30-16-17-32-25(26(30)31)18-20-8-6-7-9-24(20)29(5)23-14-15-28(4)19-23/h6-13,23,25H,14-19H2,1-5H3. The maximum atomic E-state index is 13.4. The molecule has 172 valence electrons. The highest BCUT2D eigenvalue weighted by Gasteiger charge is 2.32. The van der Waals surface area contributed by atoms with E-state index in [1.54, 1.807) is 0 Å². The molecule has 2 unspecified atom stereocenters. The average Bonchev–Trinajstić information content (AvgIpc) is 3.21. The molecule has 0 N–H and O–H groups in total. The van der Waals surface area contributed by atoms with Crippen LogP contribution in [0.2, 0.25) is 0 Å². The topological polar surface area (TPSA) is 36.0 Å². The summed E-state index contributed by atoms with van der Waals surface area (Å²) in [6, 6.07) is 17.4. The highest BCUT2D eigenvalue weighted by atomic mass is 16.5. The van der Waals surface area contributed by atoms with Crippen LogP contribution in [0.1, 0.15) is 38.3 Å². The summed E-state index contributed by atoms with van der Waals surface area (Å²) < 4.78 is 5.98. The molecule has 32 heavy (non-hydrogen) atoms. The van der Waals surface area contributed by atoms with Crippen LogP contribution in [0.4, 0.5) is 11.4 Å². The number of para-hydroxylation sites is 1. The highest BCUT2D eigenvalue weighted by Crippen LogP contribution is 2.29. The van der Waals surface area contributed by atoms with Crippen molar-refractivity contribution in [3.05, 3.63) is 59.7 Å². The largest absolute Gasteiger partial charge is 0.370 e. The number of nitrogens with zero attached hydrogens (tertiary/aromatic N) is 3. The molecule has 2 atom stereocenters. The summed E-state index contributed by atoms with van der Waals surface area (Å²) in [5.74, 6) is 0.0535. The van der Waals surface area contributed by atoms with E-state index in [2.05, 4.69) is 93.2 Å². The predicted molar refractivity (Wildman–Crippen MR) is 132 cm³/mol. The molecule has 2 heterocycles. The van der Waals surface area contributed by atoms with E-state index in [4.69, 9.17) is 4.74 Å². The van der Waals surface area contributed by atoms with Gasteiger partial charge in [0, 0.05) is 44.0 Å². The number of likely N-dealkylation sites (N-methyl/N-ethyl adjacent to an activating group) is 2. The van der Waals surface area contributed by atoms with Crippen LogP contribution in [-0.2, 0) is 21.4 Å². The first-order valence-corrected chi connectivity index (χ1v) is 11.8. The minimum Gasteiger partial charge on any atom is -0.370 e. The van der Waals surface area contributed by atoms with Crippen LogP contribution in [0, 0.1) is 0 Å².